The molecule has 30 heavy (non-hydrogen) atoms. The number of amides is 2. The second kappa shape index (κ2) is 9.51. The van der Waals surface area contributed by atoms with E-state index in [2.05, 4.69) is 29.0 Å². The summed E-state index contributed by atoms with van der Waals surface area (Å²) < 4.78 is 0. The van der Waals surface area contributed by atoms with E-state index in [0.717, 1.165) is 50.0 Å². The molecule has 2 bridgehead atoms. The van der Waals surface area contributed by atoms with Gasteiger partial charge in [0.15, 0.2) is 0 Å². The van der Waals surface area contributed by atoms with Gasteiger partial charge in [0.25, 0.3) is 0 Å². The standard InChI is InChI=1S/C25H37N3O2/c1-3-24(29)28-16-15-21-12-8-13-22(26(21)2)18-27(25(30)19-9-4-5-10-19)17-20-11-6-7-14-23(20)28/h6-7,11,14,19,21-22H,3-5,8-10,12-13,15-18H2,1-2H3. The first-order chi connectivity index (χ1) is 14.6. The molecule has 3 aliphatic rings. The van der Waals surface area contributed by atoms with Gasteiger partial charge in [0.2, 0.25) is 11.8 Å². The Labute approximate surface area is 181 Å². The Morgan fingerprint density at radius 1 is 0.967 bits per heavy atom. The lowest BCUT2D eigenvalue weighted by molar-refractivity contribution is -0.137. The van der Waals surface area contributed by atoms with Crippen molar-refractivity contribution in [3.63, 3.8) is 0 Å². The molecule has 0 N–H and O–H groups in total. The summed E-state index contributed by atoms with van der Waals surface area (Å²) in [5.41, 5.74) is 2.09. The van der Waals surface area contributed by atoms with Gasteiger partial charge in [0.05, 0.1) is 0 Å². The number of fused-ring (bicyclic) bond motifs is 3. The Bertz CT molecular complexity index is 759. The van der Waals surface area contributed by atoms with Gasteiger partial charge in [0.1, 0.15) is 0 Å². The molecule has 2 atom stereocenters. The topological polar surface area (TPSA) is 43.9 Å². The minimum Gasteiger partial charge on any atom is -0.336 e. The summed E-state index contributed by atoms with van der Waals surface area (Å²) in [6, 6.07) is 9.11. The van der Waals surface area contributed by atoms with Crippen molar-refractivity contribution in [1.82, 2.24) is 9.80 Å². The van der Waals surface area contributed by atoms with Crippen LogP contribution >= 0.6 is 0 Å². The molecule has 0 radical (unpaired) electrons. The highest BCUT2D eigenvalue weighted by atomic mass is 16.2. The van der Waals surface area contributed by atoms with Gasteiger partial charge in [0, 0.05) is 49.7 Å². The molecule has 2 aliphatic heterocycles. The van der Waals surface area contributed by atoms with Crippen LogP contribution in [0.1, 0.15) is 70.3 Å². The molecule has 4 rings (SSSR count). The number of carbonyl (C=O) groups is 2. The summed E-state index contributed by atoms with van der Waals surface area (Å²) in [6.07, 6.45) is 9.43. The van der Waals surface area contributed by atoms with Crippen LogP contribution < -0.4 is 4.90 Å². The number of carbonyl (C=O) groups excluding carboxylic acids is 2. The van der Waals surface area contributed by atoms with Gasteiger partial charge >= 0.3 is 0 Å². The van der Waals surface area contributed by atoms with Crippen molar-refractivity contribution in [3.05, 3.63) is 29.8 Å². The van der Waals surface area contributed by atoms with E-state index < -0.39 is 0 Å². The smallest absolute Gasteiger partial charge is 0.226 e. The summed E-state index contributed by atoms with van der Waals surface area (Å²) in [5.74, 6) is 0.677. The van der Waals surface area contributed by atoms with Crippen LogP contribution in [0.5, 0.6) is 0 Å². The minimum atomic E-state index is 0.172. The number of para-hydroxylation sites is 1. The third-order valence-electron chi connectivity index (χ3n) is 7.61. The first-order valence-corrected chi connectivity index (χ1v) is 12.0. The van der Waals surface area contributed by atoms with E-state index in [4.69, 9.17) is 0 Å². The molecule has 1 aromatic carbocycles. The summed E-state index contributed by atoms with van der Waals surface area (Å²) >= 11 is 0. The molecular weight excluding hydrogens is 374 g/mol. The zero-order valence-electron chi connectivity index (χ0n) is 18.7. The minimum absolute atomic E-state index is 0.172. The van der Waals surface area contributed by atoms with E-state index in [1.807, 2.05) is 24.0 Å². The summed E-state index contributed by atoms with van der Waals surface area (Å²) in [7, 11) is 2.23. The van der Waals surface area contributed by atoms with Crippen molar-refractivity contribution in [2.45, 2.75) is 83.3 Å². The van der Waals surface area contributed by atoms with Gasteiger partial charge in [-0.1, -0.05) is 44.4 Å². The average Bonchev–Trinajstić information content (AvgIpc) is 3.30. The zero-order valence-corrected chi connectivity index (χ0v) is 18.7. The number of piperidine rings is 1. The molecule has 1 saturated carbocycles. The third-order valence-corrected chi connectivity index (χ3v) is 7.61. The van der Waals surface area contributed by atoms with Gasteiger partial charge in [-0.05, 0) is 50.8 Å². The number of nitrogens with zero attached hydrogens (tertiary/aromatic N) is 3. The Balaban J connectivity index is 1.71. The van der Waals surface area contributed by atoms with Gasteiger partial charge in [-0.25, -0.2) is 0 Å². The first-order valence-electron chi connectivity index (χ1n) is 12.0. The molecule has 2 unspecified atom stereocenters. The Hall–Kier alpha value is -1.88. The van der Waals surface area contributed by atoms with Crippen molar-refractivity contribution in [1.29, 1.82) is 0 Å². The Morgan fingerprint density at radius 3 is 2.47 bits per heavy atom. The van der Waals surface area contributed by atoms with Crippen molar-refractivity contribution < 1.29 is 9.59 Å². The van der Waals surface area contributed by atoms with E-state index in [1.165, 1.54) is 25.7 Å². The van der Waals surface area contributed by atoms with E-state index in [-0.39, 0.29) is 11.8 Å². The van der Waals surface area contributed by atoms with Gasteiger partial charge < -0.3 is 9.80 Å². The van der Waals surface area contributed by atoms with Crippen molar-refractivity contribution in [2.24, 2.45) is 5.92 Å². The average molecular weight is 412 g/mol. The third kappa shape index (κ3) is 4.41. The molecule has 1 saturated heterocycles. The Kier molecular flexibility index (Phi) is 6.77. The lowest BCUT2D eigenvalue weighted by Gasteiger charge is -2.42. The van der Waals surface area contributed by atoms with Crippen molar-refractivity contribution in [2.75, 3.05) is 25.0 Å². The van der Waals surface area contributed by atoms with Crippen LogP contribution in [-0.2, 0) is 16.1 Å². The number of rotatable bonds is 2. The molecule has 2 heterocycles. The molecule has 164 valence electrons. The highest BCUT2D eigenvalue weighted by molar-refractivity contribution is 5.94. The van der Waals surface area contributed by atoms with Crippen molar-refractivity contribution in [3.8, 4) is 0 Å². The van der Waals surface area contributed by atoms with Crippen LogP contribution in [0.4, 0.5) is 5.69 Å². The molecule has 0 spiro atoms. The summed E-state index contributed by atoms with van der Waals surface area (Å²) in [4.78, 5) is 33.0. The molecule has 2 amide bonds. The largest absolute Gasteiger partial charge is 0.336 e. The van der Waals surface area contributed by atoms with Crippen molar-refractivity contribution >= 4 is 17.5 Å². The maximum Gasteiger partial charge on any atom is 0.226 e. The van der Waals surface area contributed by atoms with E-state index in [9.17, 15) is 9.59 Å². The Morgan fingerprint density at radius 2 is 1.70 bits per heavy atom. The fourth-order valence-corrected chi connectivity index (χ4v) is 5.74. The fraction of sp³-hybridized carbons (Fsp3) is 0.680. The lowest BCUT2D eigenvalue weighted by atomic mass is 9.93. The van der Waals surface area contributed by atoms with Gasteiger partial charge in [-0.15, -0.1) is 0 Å². The maximum absolute atomic E-state index is 13.5. The zero-order chi connectivity index (χ0) is 21.1. The first kappa shape index (κ1) is 21.4. The molecule has 2 fully saturated rings. The number of anilines is 1. The van der Waals surface area contributed by atoms with Crippen LogP contribution in [0.25, 0.3) is 0 Å². The number of benzene rings is 1. The highest BCUT2D eigenvalue weighted by Crippen LogP contribution is 2.32. The van der Waals surface area contributed by atoms with Gasteiger partial charge in [-0.2, -0.15) is 0 Å². The molecule has 5 heteroatoms. The quantitative estimate of drug-likeness (QED) is 0.732. The van der Waals surface area contributed by atoms with Crippen LogP contribution in [0.15, 0.2) is 24.3 Å². The van der Waals surface area contributed by atoms with Crippen LogP contribution in [0.2, 0.25) is 0 Å². The van der Waals surface area contributed by atoms with Crippen LogP contribution in [-0.4, -0.2) is 53.8 Å². The summed E-state index contributed by atoms with van der Waals surface area (Å²) in [6.45, 7) is 4.10. The van der Waals surface area contributed by atoms with E-state index in [0.29, 0.717) is 31.0 Å². The second-order valence-corrected chi connectivity index (χ2v) is 9.42. The predicted octanol–water partition coefficient (Wildman–Crippen LogP) is 4.21. The molecule has 1 aliphatic carbocycles. The van der Waals surface area contributed by atoms with Gasteiger partial charge in [-0.3, -0.25) is 14.5 Å². The van der Waals surface area contributed by atoms with E-state index >= 15 is 0 Å². The highest BCUT2D eigenvalue weighted by Gasteiger charge is 2.34. The molecule has 0 aromatic heterocycles. The number of likely N-dealkylation sites (N-methyl/N-ethyl adjacent to an activating group) is 1. The lowest BCUT2D eigenvalue weighted by Crippen LogP contribution is -2.51. The summed E-state index contributed by atoms with van der Waals surface area (Å²) in [5, 5.41) is 0. The molecule has 5 nitrogen and oxygen atoms in total. The monoisotopic (exact) mass is 411 g/mol. The number of hydrogen-bond acceptors (Lipinski definition) is 3. The fourth-order valence-electron chi connectivity index (χ4n) is 5.74. The van der Waals surface area contributed by atoms with Crippen LogP contribution in [0, 0.1) is 5.92 Å². The maximum atomic E-state index is 13.5. The second-order valence-electron chi connectivity index (χ2n) is 9.42. The molecule has 1 aromatic rings. The number of hydrogen-bond donors (Lipinski definition) is 0. The van der Waals surface area contributed by atoms with E-state index in [1.54, 1.807) is 0 Å². The van der Waals surface area contributed by atoms with Crippen LogP contribution in [0.3, 0.4) is 0 Å². The normalized spacial score (nSPS) is 26.2. The SMILES string of the molecule is CCC(=O)N1CCC2CCCC(CN(C(=O)C3CCCC3)Cc3ccccc31)N2C. The predicted molar refractivity (Wildman–Crippen MR) is 120 cm³/mol. The molecular formula is C25H37N3O2.